The number of aromatic nitrogens is 2. The van der Waals surface area contributed by atoms with E-state index < -0.39 is 0 Å². The summed E-state index contributed by atoms with van der Waals surface area (Å²) in [4.78, 5) is 33.1. The largest absolute Gasteiger partial charge is 0.497 e. The van der Waals surface area contributed by atoms with Crippen LogP contribution in [0.1, 0.15) is 66.9 Å². The molecule has 0 bridgehead atoms. The second-order valence-electron chi connectivity index (χ2n) is 8.96. The van der Waals surface area contributed by atoms with Crippen molar-refractivity contribution in [3.8, 4) is 5.75 Å². The predicted molar refractivity (Wildman–Crippen MR) is 145 cm³/mol. The summed E-state index contributed by atoms with van der Waals surface area (Å²) in [6, 6.07) is 15.2. The molecule has 0 fully saturated rings. The van der Waals surface area contributed by atoms with Gasteiger partial charge in [-0.2, -0.15) is 0 Å². The van der Waals surface area contributed by atoms with Crippen LogP contribution in [-0.2, 0) is 11.3 Å². The monoisotopic (exact) mass is 483 g/mol. The Balaban J connectivity index is 1.42. The summed E-state index contributed by atoms with van der Waals surface area (Å²) in [6.07, 6.45) is 11.1. The number of hydrogen-bond donors (Lipinski definition) is 2. The molecule has 4 rings (SSSR count). The van der Waals surface area contributed by atoms with Crippen LogP contribution in [0, 0.1) is 0 Å². The number of nitrogens with one attached hydrogen (secondary N) is 2. The third-order valence-corrected chi connectivity index (χ3v) is 6.35. The summed E-state index contributed by atoms with van der Waals surface area (Å²) >= 11 is 0. The topological polar surface area (TPSA) is 84.1 Å². The highest BCUT2D eigenvalue weighted by atomic mass is 16.5. The van der Waals surface area contributed by atoms with Crippen molar-refractivity contribution in [3.63, 3.8) is 0 Å². The average Bonchev–Trinajstić information content (AvgIpc) is 3.29. The van der Waals surface area contributed by atoms with Crippen LogP contribution in [0.5, 0.6) is 5.75 Å². The number of hydrogen-bond acceptors (Lipinski definition) is 4. The third kappa shape index (κ3) is 6.19. The van der Waals surface area contributed by atoms with Gasteiger partial charge in [-0.15, -0.1) is 0 Å². The molecule has 36 heavy (non-hydrogen) atoms. The molecule has 6 heteroatoms. The summed E-state index contributed by atoms with van der Waals surface area (Å²) in [5, 5.41) is 4.87. The van der Waals surface area contributed by atoms with E-state index in [1.54, 1.807) is 13.3 Å². The van der Waals surface area contributed by atoms with Crippen LogP contribution in [0.3, 0.4) is 0 Å². The van der Waals surface area contributed by atoms with Crippen molar-refractivity contribution in [3.05, 3.63) is 77.5 Å². The van der Waals surface area contributed by atoms with Crippen molar-refractivity contribution in [1.29, 1.82) is 0 Å². The fourth-order valence-electron chi connectivity index (χ4n) is 4.28. The number of rotatable bonds is 12. The van der Waals surface area contributed by atoms with Crippen LogP contribution in [0.25, 0.3) is 28.0 Å². The van der Waals surface area contributed by atoms with Gasteiger partial charge < -0.3 is 15.0 Å². The molecule has 186 valence electrons. The van der Waals surface area contributed by atoms with E-state index in [1.165, 1.54) is 19.3 Å². The van der Waals surface area contributed by atoms with E-state index >= 15 is 0 Å². The van der Waals surface area contributed by atoms with Gasteiger partial charge in [0.05, 0.1) is 7.11 Å². The number of methoxy groups -OCH3 is 1. The minimum atomic E-state index is -0.146. The molecular weight excluding hydrogens is 450 g/mol. The lowest BCUT2D eigenvalue weighted by atomic mass is 10.0. The first kappa shape index (κ1) is 25.2. The van der Waals surface area contributed by atoms with Crippen LogP contribution >= 0.6 is 0 Å². The van der Waals surface area contributed by atoms with Crippen LogP contribution < -0.4 is 10.1 Å². The highest BCUT2D eigenvalue weighted by molar-refractivity contribution is 6.12. The van der Waals surface area contributed by atoms with Crippen molar-refractivity contribution in [2.75, 3.05) is 7.11 Å². The van der Waals surface area contributed by atoms with Gasteiger partial charge in [0, 0.05) is 47.4 Å². The van der Waals surface area contributed by atoms with Crippen molar-refractivity contribution < 1.29 is 14.3 Å². The summed E-state index contributed by atoms with van der Waals surface area (Å²) in [7, 11) is 1.62. The maximum atomic E-state index is 12.9. The lowest BCUT2D eigenvalue weighted by molar-refractivity contribution is -0.121. The summed E-state index contributed by atoms with van der Waals surface area (Å²) in [5.74, 6) is 0.576. The molecule has 6 nitrogen and oxygen atoms in total. The van der Waals surface area contributed by atoms with E-state index in [-0.39, 0.29) is 24.5 Å². The van der Waals surface area contributed by atoms with Crippen LogP contribution in [0.2, 0.25) is 0 Å². The highest BCUT2D eigenvalue weighted by Crippen LogP contribution is 2.29. The van der Waals surface area contributed by atoms with Gasteiger partial charge in [-0.1, -0.05) is 44.1 Å². The fraction of sp³-hybridized carbons (Fsp3) is 0.300. The molecule has 0 spiro atoms. The molecule has 0 saturated heterocycles. The van der Waals surface area contributed by atoms with Crippen molar-refractivity contribution in [2.24, 2.45) is 0 Å². The number of ether oxygens (including phenoxy) is 1. The van der Waals surface area contributed by atoms with E-state index in [0.29, 0.717) is 12.1 Å². The Morgan fingerprint density at radius 1 is 1.06 bits per heavy atom. The number of amides is 1. The van der Waals surface area contributed by atoms with Gasteiger partial charge in [-0.05, 0) is 60.4 Å². The molecule has 1 amide bonds. The molecular formula is C30H33N3O3. The van der Waals surface area contributed by atoms with E-state index in [0.717, 1.165) is 45.2 Å². The number of aromatic amines is 1. The SMILES string of the molecule is CCCCC/C=C/c1ccnc2[nH]c3ccc(C(=O)CCC(=O)NCc4ccc(OC)cc4)cc3c12. The smallest absolute Gasteiger partial charge is 0.220 e. The zero-order chi connectivity index (χ0) is 25.3. The van der Waals surface area contributed by atoms with Crippen molar-refractivity contribution in [1.82, 2.24) is 15.3 Å². The van der Waals surface area contributed by atoms with Gasteiger partial charge in [0.1, 0.15) is 11.4 Å². The van der Waals surface area contributed by atoms with Gasteiger partial charge >= 0.3 is 0 Å². The molecule has 0 radical (unpaired) electrons. The molecule has 0 aliphatic rings. The summed E-state index contributed by atoms with van der Waals surface area (Å²) in [6.45, 7) is 2.62. The Hall–Kier alpha value is -3.93. The number of pyridine rings is 1. The maximum absolute atomic E-state index is 12.9. The molecule has 0 saturated carbocycles. The number of carbonyl (C=O) groups excluding carboxylic acids is 2. The molecule has 2 N–H and O–H groups in total. The summed E-state index contributed by atoms with van der Waals surface area (Å²) < 4.78 is 5.15. The number of allylic oxidation sites excluding steroid dienone is 1. The zero-order valence-corrected chi connectivity index (χ0v) is 21.0. The number of fused-ring (bicyclic) bond motifs is 3. The second kappa shape index (κ2) is 12.2. The lowest BCUT2D eigenvalue weighted by Gasteiger charge is -2.07. The molecule has 0 aliphatic heterocycles. The maximum Gasteiger partial charge on any atom is 0.220 e. The fourth-order valence-corrected chi connectivity index (χ4v) is 4.28. The van der Waals surface area contributed by atoms with Crippen LogP contribution in [-0.4, -0.2) is 28.8 Å². The number of ketones is 1. The van der Waals surface area contributed by atoms with E-state index in [2.05, 4.69) is 34.4 Å². The molecule has 0 aliphatic carbocycles. The summed E-state index contributed by atoms with van der Waals surface area (Å²) in [5.41, 5.74) is 4.42. The van der Waals surface area contributed by atoms with E-state index in [4.69, 9.17) is 4.74 Å². The van der Waals surface area contributed by atoms with Gasteiger partial charge in [-0.25, -0.2) is 4.98 Å². The molecule has 2 aromatic heterocycles. The van der Waals surface area contributed by atoms with Crippen LogP contribution in [0.4, 0.5) is 0 Å². The first-order valence-corrected chi connectivity index (χ1v) is 12.6. The van der Waals surface area contributed by atoms with E-state index in [1.807, 2.05) is 48.5 Å². The Bertz CT molecular complexity index is 1370. The standard InChI is InChI=1S/C30H33N3O3/c1-3-4-5-6-7-8-22-17-18-31-30-29(22)25-19-23(11-14-26(25)33-30)27(34)15-16-28(35)32-20-21-9-12-24(36-2)13-10-21/h7-14,17-19H,3-6,15-16,20H2,1-2H3,(H,31,33)(H,32,35)/b8-7+. The second-order valence-corrected chi connectivity index (χ2v) is 8.96. The van der Waals surface area contributed by atoms with Crippen LogP contribution in [0.15, 0.2) is 60.8 Å². The Morgan fingerprint density at radius 2 is 1.89 bits per heavy atom. The Kier molecular flexibility index (Phi) is 8.50. The van der Waals surface area contributed by atoms with E-state index in [9.17, 15) is 9.59 Å². The molecule has 2 heterocycles. The van der Waals surface area contributed by atoms with Crippen molar-refractivity contribution in [2.45, 2.75) is 52.0 Å². The predicted octanol–water partition coefficient (Wildman–Crippen LogP) is 6.60. The number of nitrogens with zero attached hydrogens (tertiary/aromatic N) is 1. The third-order valence-electron chi connectivity index (χ3n) is 6.35. The Morgan fingerprint density at radius 3 is 2.67 bits per heavy atom. The quantitative estimate of drug-likeness (QED) is 0.176. The highest BCUT2D eigenvalue weighted by Gasteiger charge is 2.14. The minimum Gasteiger partial charge on any atom is -0.497 e. The molecule has 2 aromatic carbocycles. The van der Waals surface area contributed by atoms with Gasteiger partial charge in [0.15, 0.2) is 5.78 Å². The van der Waals surface area contributed by atoms with Gasteiger partial charge in [-0.3, -0.25) is 9.59 Å². The van der Waals surface area contributed by atoms with Crippen molar-refractivity contribution >= 4 is 39.7 Å². The normalized spacial score (nSPS) is 11.4. The molecule has 0 unspecified atom stereocenters. The zero-order valence-electron chi connectivity index (χ0n) is 21.0. The van der Waals surface area contributed by atoms with Gasteiger partial charge in [0.2, 0.25) is 5.91 Å². The molecule has 4 aromatic rings. The van der Waals surface area contributed by atoms with Gasteiger partial charge in [0.25, 0.3) is 0 Å². The molecule has 0 atom stereocenters. The number of benzene rings is 2. The number of carbonyl (C=O) groups is 2. The average molecular weight is 484 g/mol. The first-order valence-electron chi connectivity index (χ1n) is 12.6. The minimum absolute atomic E-state index is 0.0496. The number of Topliss-reactive ketones (excluding diaryl/α,β-unsaturated/α-hetero) is 1. The number of H-pyrrole nitrogens is 1. The Labute approximate surface area is 211 Å². The first-order chi connectivity index (χ1) is 17.6. The number of unbranched alkanes of at least 4 members (excludes halogenated alkanes) is 3. The lowest BCUT2D eigenvalue weighted by Crippen LogP contribution is -2.23.